The van der Waals surface area contributed by atoms with Crippen molar-refractivity contribution in [1.82, 2.24) is 5.32 Å². The van der Waals surface area contributed by atoms with Gasteiger partial charge in [0.15, 0.2) is 5.75 Å². The third-order valence-electron chi connectivity index (χ3n) is 7.84. The number of urea groups is 1. The average molecular weight is 614 g/mol. The minimum atomic E-state index is -0.723. The Balaban J connectivity index is 1.52. The van der Waals surface area contributed by atoms with Crippen LogP contribution in [0.3, 0.4) is 0 Å². The number of anilines is 2. The maximum absolute atomic E-state index is 13.1. The fourth-order valence-corrected chi connectivity index (χ4v) is 6.04. The number of hydrogen-bond acceptors (Lipinski definition) is 5. The van der Waals surface area contributed by atoms with Crippen molar-refractivity contribution in [3.63, 3.8) is 0 Å². The third kappa shape index (κ3) is 7.92. The van der Waals surface area contributed by atoms with Crippen molar-refractivity contribution >= 4 is 52.2 Å². The molecule has 0 radical (unpaired) electrons. The van der Waals surface area contributed by atoms with Gasteiger partial charge in [-0.1, -0.05) is 56.1 Å². The lowest BCUT2D eigenvalue weighted by Crippen LogP contribution is -2.38. The van der Waals surface area contributed by atoms with Gasteiger partial charge in [0.1, 0.15) is 0 Å². The number of halogens is 2. The lowest BCUT2D eigenvalue weighted by atomic mass is 9.68. The number of phenolic OH excluding ortho intramolecular Hbond substituents is 1. The smallest absolute Gasteiger partial charge is 0.319 e. The van der Waals surface area contributed by atoms with Crippen molar-refractivity contribution in [2.24, 2.45) is 17.3 Å². The first kappa shape index (κ1) is 31.1. The summed E-state index contributed by atoms with van der Waals surface area (Å²) in [6.45, 7) is 6.78. The number of carbonyl (C=O) groups excluding carboxylic acids is 2. The van der Waals surface area contributed by atoms with Crippen LogP contribution in [0.5, 0.6) is 5.75 Å². The molecule has 9 nitrogen and oxygen atoms in total. The molecule has 4 N–H and O–H groups in total. The van der Waals surface area contributed by atoms with E-state index in [1.807, 2.05) is 12.1 Å². The van der Waals surface area contributed by atoms with Crippen LogP contribution >= 0.6 is 23.2 Å². The molecule has 4 rings (SSSR count). The van der Waals surface area contributed by atoms with Gasteiger partial charge in [0, 0.05) is 33.0 Å². The monoisotopic (exact) mass is 612 g/mol. The summed E-state index contributed by atoms with van der Waals surface area (Å²) in [6, 6.07) is 14.7. The first-order chi connectivity index (χ1) is 19.8. The molecule has 1 aliphatic rings. The largest absolute Gasteiger partial charge is 0.502 e. The Bertz CT molecular complexity index is 1440. The third-order valence-corrected chi connectivity index (χ3v) is 8.27. The molecule has 1 saturated carbocycles. The maximum Gasteiger partial charge on any atom is 0.319 e. The van der Waals surface area contributed by atoms with E-state index in [1.54, 1.807) is 30.3 Å². The van der Waals surface area contributed by atoms with Crippen molar-refractivity contribution in [3.8, 4) is 5.75 Å². The minimum absolute atomic E-state index is 0.182. The summed E-state index contributed by atoms with van der Waals surface area (Å²) < 4.78 is 0. The summed E-state index contributed by atoms with van der Waals surface area (Å²) in [5.41, 5.74) is 1.55. The van der Waals surface area contributed by atoms with E-state index in [4.69, 9.17) is 23.2 Å². The number of benzene rings is 3. The highest BCUT2D eigenvalue weighted by molar-refractivity contribution is 6.35. The molecule has 11 heteroatoms. The molecule has 3 amide bonds. The zero-order valence-electron chi connectivity index (χ0n) is 23.6. The highest BCUT2D eigenvalue weighted by Gasteiger charge is 2.34. The molecule has 1 unspecified atom stereocenters. The van der Waals surface area contributed by atoms with Crippen LogP contribution in [0.25, 0.3) is 0 Å². The number of aromatic hydroxyl groups is 1. The molecular weight excluding hydrogens is 579 g/mol. The van der Waals surface area contributed by atoms with E-state index in [2.05, 4.69) is 36.7 Å². The predicted molar refractivity (Wildman–Crippen MR) is 165 cm³/mol. The maximum atomic E-state index is 13.1. The molecule has 0 saturated heterocycles. The first-order valence-corrected chi connectivity index (χ1v) is 14.5. The molecule has 0 aliphatic heterocycles. The summed E-state index contributed by atoms with van der Waals surface area (Å²) in [4.78, 5) is 36.4. The van der Waals surface area contributed by atoms with Crippen LogP contribution in [0.1, 0.15) is 68.4 Å². The molecule has 1 fully saturated rings. The lowest BCUT2D eigenvalue weighted by molar-refractivity contribution is -0.385. The van der Waals surface area contributed by atoms with E-state index in [0.717, 1.165) is 43.4 Å². The van der Waals surface area contributed by atoms with E-state index < -0.39 is 28.3 Å². The van der Waals surface area contributed by atoms with E-state index in [9.17, 15) is 24.8 Å². The molecule has 42 heavy (non-hydrogen) atoms. The second-order valence-electron chi connectivity index (χ2n) is 11.7. The molecule has 1 aliphatic carbocycles. The molecular formula is C31H34Cl2N4O5. The standard InChI is InChI=1S/C31H34Cl2N4O5/c1-31(2,3)21-10-8-19(9-11-21)28(36-30(40)35-25-15-22(32)14-23(33)16-25)18-4-6-20(7-5-18)29(39)34-24-12-13-27(38)26(17-24)37(41)42/h4-7,12-17,19,21,28,38H,8-11H2,1-3H3,(H,34,39)(H2,35,36,40). The van der Waals surface area contributed by atoms with Gasteiger partial charge >= 0.3 is 11.7 Å². The van der Waals surface area contributed by atoms with E-state index in [1.165, 1.54) is 6.07 Å². The zero-order valence-corrected chi connectivity index (χ0v) is 25.1. The van der Waals surface area contributed by atoms with Gasteiger partial charge in [-0.25, -0.2) is 4.79 Å². The Morgan fingerprint density at radius 3 is 2.10 bits per heavy atom. The molecule has 222 valence electrons. The van der Waals surface area contributed by atoms with Crippen LogP contribution in [0.4, 0.5) is 21.9 Å². The topological polar surface area (TPSA) is 134 Å². The summed E-state index contributed by atoms with van der Waals surface area (Å²) >= 11 is 12.2. The second-order valence-corrected chi connectivity index (χ2v) is 12.6. The molecule has 0 aromatic heterocycles. The molecule has 3 aromatic carbocycles. The fraction of sp³-hybridized carbons (Fsp3) is 0.355. The lowest BCUT2D eigenvalue weighted by Gasteiger charge is -2.39. The number of nitro benzene ring substituents is 1. The van der Waals surface area contributed by atoms with Crippen LogP contribution < -0.4 is 16.0 Å². The van der Waals surface area contributed by atoms with Gasteiger partial charge in [0.25, 0.3) is 5.91 Å². The number of phenols is 1. The SMILES string of the molecule is CC(C)(C)C1CCC(C(NC(=O)Nc2cc(Cl)cc(Cl)c2)c2ccc(C(=O)Nc3ccc(O)c([N+](=O)[O-])c3)cc2)CC1. The Hall–Kier alpha value is -3.82. The molecule has 0 heterocycles. The average Bonchev–Trinajstić information content (AvgIpc) is 2.92. The number of hydrogen-bond donors (Lipinski definition) is 4. The highest BCUT2D eigenvalue weighted by Crippen LogP contribution is 2.43. The molecule has 0 spiro atoms. The number of nitrogens with one attached hydrogen (secondary N) is 3. The summed E-state index contributed by atoms with van der Waals surface area (Å²) in [6.07, 6.45) is 3.99. The van der Waals surface area contributed by atoms with Crippen LogP contribution in [-0.4, -0.2) is 22.0 Å². The molecule has 0 bridgehead atoms. The van der Waals surface area contributed by atoms with Gasteiger partial charge in [-0.3, -0.25) is 14.9 Å². The fourth-order valence-electron chi connectivity index (χ4n) is 5.52. The Kier molecular flexibility index (Phi) is 9.64. The van der Waals surface area contributed by atoms with Crippen molar-refractivity contribution in [2.45, 2.75) is 52.5 Å². The second kappa shape index (κ2) is 13.0. The summed E-state index contributed by atoms with van der Waals surface area (Å²) in [5.74, 6) is -0.166. The van der Waals surface area contributed by atoms with E-state index in [-0.39, 0.29) is 23.1 Å². The van der Waals surface area contributed by atoms with Gasteiger partial charge in [-0.05, 0) is 91.0 Å². The number of amides is 3. The van der Waals surface area contributed by atoms with Gasteiger partial charge in [-0.2, -0.15) is 0 Å². The highest BCUT2D eigenvalue weighted by atomic mass is 35.5. The number of nitro groups is 1. The van der Waals surface area contributed by atoms with Crippen LogP contribution in [0.2, 0.25) is 10.0 Å². The number of nitrogens with zero attached hydrogens (tertiary/aromatic N) is 1. The molecule has 1 atom stereocenters. The minimum Gasteiger partial charge on any atom is -0.502 e. The summed E-state index contributed by atoms with van der Waals surface area (Å²) in [7, 11) is 0. The number of carbonyl (C=O) groups is 2. The van der Waals surface area contributed by atoms with Gasteiger partial charge in [-0.15, -0.1) is 0 Å². The van der Waals surface area contributed by atoms with Gasteiger partial charge < -0.3 is 21.1 Å². The quantitative estimate of drug-likeness (QED) is 0.120. The van der Waals surface area contributed by atoms with Crippen LogP contribution in [-0.2, 0) is 0 Å². The first-order valence-electron chi connectivity index (χ1n) is 13.7. The molecule has 3 aromatic rings. The van der Waals surface area contributed by atoms with Crippen molar-refractivity contribution in [2.75, 3.05) is 10.6 Å². The summed E-state index contributed by atoms with van der Waals surface area (Å²) in [5, 5.41) is 30.2. The van der Waals surface area contributed by atoms with Gasteiger partial charge in [0.2, 0.25) is 0 Å². The number of rotatable bonds is 7. The Morgan fingerprint density at radius 2 is 1.52 bits per heavy atom. The normalized spacial score (nSPS) is 17.6. The van der Waals surface area contributed by atoms with Crippen LogP contribution in [0, 0.1) is 27.4 Å². The van der Waals surface area contributed by atoms with E-state index in [0.29, 0.717) is 27.2 Å². The van der Waals surface area contributed by atoms with Crippen molar-refractivity contribution < 1.29 is 19.6 Å². The Labute approximate surface area is 254 Å². The van der Waals surface area contributed by atoms with Crippen molar-refractivity contribution in [3.05, 3.63) is 92.0 Å². The van der Waals surface area contributed by atoms with E-state index >= 15 is 0 Å². The predicted octanol–water partition coefficient (Wildman–Crippen LogP) is 8.57. The van der Waals surface area contributed by atoms with Gasteiger partial charge in [0.05, 0.1) is 11.0 Å². The van der Waals surface area contributed by atoms with Crippen molar-refractivity contribution in [1.29, 1.82) is 0 Å². The van der Waals surface area contributed by atoms with Crippen LogP contribution in [0.15, 0.2) is 60.7 Å². The Morgan fingerprint density at radius 1 is 0.905 bits per heavy atom. The zero-order chi connectivity index (χ0) is 30.6.